The summed E-state index contributed by atoms with van der Waals surface area (Å²) in [6.45, 7) is 5.26. The Morgan fingerprint density at radius 1 is 1.46 bits per heavy atom. The van der Waals surface area contributed by atoms with Crippen LogP contribution in [-0.4, -0.2) is 42.7 Å². The van der Waals surface area contributed by atoms with Crippen molar-refractivity contribution in [1.29, 1.82) is 0 Å². The molecule has 0 amide bonds. The second-order valence-corrected chi connectivity index (χ2v) is 6.47. The Hall–Kier alpha value is -0.130. The largest absolute Gasteiger partial charge is 0.389 e. The summed E-state index contributed by atoms with van der Waals surface area (Å²) in [6.07, 6.45) is 0. The fourth-order valence-corrected chi connectivity index (χ4v) is 2.54. The molecule has 0 bridgehead atoms. The predicted molar refractivity (Wildman–Crippen MR) is 51.3 cm³/mol. The van der Waals surface area contributed by atoms with Crippen LogP contribution in [0.25, 0.3) is 0 Å². The van der Waals surface area contributed by atoms with Crippen molar-refractivity contribution in [2.45, 2.75) is 38.5 Å². The molecule has 1 aliphatic rings. The second kappa shape index (κ2) is 3.22. The summed E-state index contributed by atoms with van der Waals surface area (Å²) in [7, 11) is -2.77. The van der Waals surface area contributed by atoms with Crippen LogP contribution in [0.2, 0.25) is 0 Å². The van der Waals surface area contributed by atoms with Crippen molar-refractivity contribution in [1.82, 2.24) is 5.32 Å². The van der Waals surface area contributed by atoms with E-state index >= 15 is 0 Å². The lowest BCUT2D eigenvalue weighted by Crippen LogP contribution is -2.58. The molecule has 1 aliphatic heterocycles. The van der Waals surface area contributed by atoms with E-state index < -0.39 is 15.4 Å². The minimum atomic E-state index is -2.77. The molecular weight excluding hydrogens is 190 g/mol. The van der Waals surface area contributed by atoms with Gasteiger partial charge in [0.05, 0.1) is 17.1 Å². The average Bonchev–Trinajstić information content (AvgIpc) is 1.80. The third-order valence-electron chi connectivity index (χ3n) is 2.46. The molecule has 1 fully saturated rings. The van der Waals surface area contributed by atoms with Crippen molar-refractivity contribution in [3.05, 3.63) is 0 Å². The quantitative estimate of drug-likeness (QED) is 0.657. The normalized spacial score (nSPS) is 25.2. The molecule has 4 nitrogen and oxygen atoms in total. The molecule has 0 saturated carbocycles. The van der Waals surface area contributed by atoms with E-state index in [0.717, 1.165) is 0 Å². The molecule has 0 aromatic carbocycles. The number of nitrogens with one attached hydrogen (secondary N) is 1. The standard InChI is InChI=1S/C8H17NO3S/c1-6(8(2,3)10)9-7-4-13(11,12)5-7/h6-7,9-10H,4-5H2,1-3H3. The highest BCUT2D eigenvalue weighted by Crippen LogP contribution is 2.14. The number of aliphatic hydroxyl groups is 1. The van der Waals surface area contributed by atoms with Gasteiger partial charge in [-0.05, 0) is 20.8 Å². The van der Waals surface area contributed by atoms with E-state index in [1.807, 2.05) is 6.92 Å². The van der Waals surface area contributed by atoms with Gasteiger partial charge in [-0.1, -0.05) is 0 Å². The lowest BCUT2D eigenvalue weighted by molar-refractivity contribution is 0.0410. The maximum atomic E-state index is 10.8. The van der Waals surface area contributed by atoms with Crippen LogP contribution in [0.15, 0.2) is 0 Å². The molecule has 1 unspecified atom stereocenters. The topological polar surface area (TPSA) is 66.4 Å². The average molecular weight is 207 g/mol. The van der Waals surface area contributed by atoms with Crippen molar-refractivity contribution >= 4 is 9.84 Å². The Labute approximate surface area is 79.3 Å². The minimum absolute atomic E-state index is 0.0198. The first-order valence-corrected chi connectivity index (χ1v) is 6.22. The highest BCUT2D eigenvalue weighted by atomic mass is 32.2. The molecule has 0 aromatic heterocycles. The SMILES string of the molecule is CC(NC1CS(=O)(=O)C1)C(C)(C)O. The molecule has 5 heteroatoms. The maximum absolute atomic E-state index is 10.8. The highest BCUT2D eigenvalue weighted by molar-refractivity contribution is 7.92. The Morgan fingerprint density at radius 2 is 1.92 bits per heavy atom. The van der Waals surface area contributed by atoms with E-state index in [9.17, 15) is 13.5 Å². The van der Waals surface area contributed by atoms with Gasteiger partial charge in [-0.2, -0.15) is 0 Å². The van der Waals surface area contributed by atoms with Gasteiger partial charge in [-0.3, -0.25) is 0 Å². The first kappa shape index (κ1) is 10.9. The van der Waals surface area contributed by atoms with E-state index in [0.29, 0.717) is 0 Å². The van der Waals surface area contributed by atoms with Gasteiger partial charge in [0, 0.05) is 12.1 Å². The molecule has 0 spiro atoms. The zero-order chi connectivity index (χ0) is 10.3. The number of sulfone groups is 1. The third kappa shape index (κ3) is 2.93. The number of hydrogen-bond acceptors (Lipinski definition) is 4. The lowest BCUT2D eigenvalue weighted by Gasteiger charge is -2.34. The van der Waals surface area contributed by atoms with Gasteiger partial charge in [-0.25, -0.2) is 8.42 Å². The third-order valence-corrected chi connectivity index (χ3v) is 4.28. The smallest absolute Gasteiger partial charge is 0.153 e. The van der Waals surface area contributed by atoms with Gasteiger partial charge >= 0.3 is 0 Å². The molecule has 1 saturated heterocycles. The molecule has 0 radical (unpaired) electrons. The van der Waals surface area contributed by atoms with Crippen LogP contribution in [0, 0.1) is 0 Å². The summed E-state index contributed by atoms with van der Waals surface area (Å²) in [4.78, 5) is 0. The van der Waals surface area contributed by atoms with E-state index in [4.69, 9.17) is 0 Å². The Kier molecular flexibility index (Phi) is 2.71. The van der Waals surface area contributed by atoms with Crippen LogP contribution in [0.3, 0.4) is 0 Å². The van der Waals surface area contributed by atoms with Gasteiger partial charge in [0.2, 0.25) is 0 Å². The van der Waals surface area contributed by atoms with Crippen molar-refractivity contribution in [3.63, 3.8) is 0 Å². The molecule has 78 valence electrons. The maximum Gasteiger partial charge on any atom is 0.153 e. The number of hydrogen-bond donors (Lipinski definition) is 2. The zero-order valence-electron chi connectivity index (χ0n) is 8.24. The van der Waals surface area contributed by atoms with Gasteiger partial charge in [-0.15, -0.1) is 0 Å². The molecule has 0 aromatic rings. The fourth-order valence-electron chi connectivity index (χ4n) is 1.22. The monoisotopic (exact) mass is 207 g/mol. The summed E-state index contributed by atoms with van der Waals surface area (Å²) >= 11 is 0. The Balaban J connectivity index is 2.37. The molecule has 2 N–H and O–H groups in total. The fraction of sp³-hybridized carbons (Fsp3) is 1.00. The number of rotatable bonds is 3. The van der Waals surface area contributed by atoms with Crippen molar-refractivity contribution in [2.24, 2.45) is 0 Å². The van der Waals surface area contributed by atoms with Crippen LogP contribution >= 0.6 is 0 Å². The van der Waals surface area contributed by atoms with Gasteiger partial charge < -0.3 is 10.4 Å². The van der Waals surface area contributed by atoms with Crippen LogP contribution in [0.1, 0.15) is 20.8 Å². The van der Waals surface area contributed by atoms with Gasteiger partial charge in [0.25, 0.3) is 0 Å². The summed E-state index contributed by atoms with van der Waals surface area (Å²) in [5.41, 5.74) is -0.806. The van der Waals surface area contributed by atoms with E-state index in [1.165, 1.54) is 0 Å². The second-order valence-electron chi connectivity index (χ2n) is 4.32. The predicted octanol–water partition coefficient (Wildman–Crippen LogP) is -0.468. The van der Waals surface area contributed by atoms with E-state index in [2.05, 4.69) is 5.32 Å². The highest BCUT2D eigenvalue weighted by Gasteiger charge is 2.36. The van der Waals surface area contributed by atoms with Crippen LogP contribution in [0.4, 0.5) is 0 Å². The van der Waals surface area contributed by atoms with Gasteiger partial charge in [0.15, 0.2) is 9.84 Å². The van der Waals surface area contributed by atoms with Crippen molar-refractivity contribution < 1.29 is 13.5 Å². The van der Waals surface area contributed by atoms with Crippen LogP contribution in [0.5, 0.6) is 0 Å². The summed E-state index contributed by atoms with van der Waals surface area (Å²) in [5, 5.41) is 12.7. The Morgan fingerprint density at radius 3 is 2.23 bits per heavy atom. The van der Waals surface area contributed by atoms with E-state index in [-0.39, 0.29) is 23.6 Å². The summed E-state index contributed by atoms with van der Waals surface area (Å²) in [6, 6.07) is -0.0700. The molecule has 1 rings (SSSR count). The summed E-state index contributed by atoms with van der Waals surface area (Å²) in [5.74, 6) is 0.404. The summed E-state index contributed by atoms with van der Waals surface area (Å²) < 4.78 is 21.7. The molecule has 1 heterocycles. The molecule has 0 aliphatic carbocycles. The van der Waals surface area contributed by atoms with Crippen molar-refractivity contribution in [3.8, 4) is 0 Å². The lowest BCUT2D eigenvalue weighted by atomic mass is 10.0. The Bertz CT molecular complexity index is 266. The molecular formula is C8H17NO3S. The molecule has 1 atom stereocenters. The van der Waals surface area contributed by atoms with Crippen LogP contribution in [-0.2, 0) is 9.84 Å². The molecule has 13 heavy (non-hydrogen) atoms. The minimum Gasteiger partial charge on any atom is -0.389 e. The van der Waals surface area contributed by atoms with E-state index in [1.54, 1.807) is 13.8 Å². The first-order valence-electron chi connectivity index (χ1n) is 4.39. The van der Waals surface area contributed by atoms with Crippen molar-refractivity contribution in [2.75, 3.05) is 11.5 Å². The van der Waals surface area contributed by atoms with Crippen LogP contribution < -0.4 is 5.32 Å². The first-order chi connectivity index (χ1) is 5.71. The van der Waals surface area contributed by atoms with Gasteiger partial charge in [0.1, 0.15) is 0 Å². The zero-order valence-corrected chi connectivity index (χ0v) is 9.06.